The lowest BCUT2D eigenvalue weighted by Gasteiger charge is -2.22. The Bertz CT molecular complexity index is 600. The van der Waals surface area contributed by atoms with Crippen molar-refractivity contribution in [3.05, 3.63) is 12.7 Å². The summed E-state index contributed by atoms with van der Waals surface area (Å²) in [7, 11) is -3.62. The fourth-order valence-electron chi connectivity index (χ4n) is 2.51. The number of nitrogens with one attached hydrogen (secondary N) is 1. The Labute approximate surface area is 131 Å². The maximum Gasteiger partial charge on any atom is 0.307 e. The van der Waals surface area contributed by atoms with Gasteiger partial charge in [-0.15, -0.1) is 6.58 Å². The van der Waals surface area contributed by atoms with Gasteiger partial charge in [0, 0.05) is 0 Å². The van der Waals surface area contributed by atoms with Crippen LogP contribution in [0.4, 0.5) is 0 Å². The van der Waals surface area contributed by atoms with Crippen molar-refractivity contribution in [3.8, 4) is 0 Å². The van der Waals surface area contributed by atoms with E-state index >= 15 is 0 Å². The molecule has 2 atom stereocenters. The molecule has 0 radical (unpaired) electrons. The number of amides is 1. The van der Waals surface area contributed by atoms with Gasteiger partial charge in [-0.05, 0) is 46.0 Å². The second kappa shape index (κ2) is 5.37. The molecule has 0 bridgehead atoms. The first-order chi connectivity index (χ1) is 10.00. The van der Waals surface area contributed by atoms with Gasteiger partial charge in [-0.1, -0.05) is 6.08 Å². The van der Waals surface area contributed by atoms with Crippen LogP contribution in [0.15, 0.2) is 12.7 Å². The number of ether oxygens (including phenoxy) is 1. The summed E-state index contributed by atoms with van der Waals surface area (Å²) in [5.74, 6) is -1.32. The zero-order valence-corrected chi connectivity index (χ0v) is 14.0. The molecular weight excluding hydrogens is 306 g/mol. The Morgan fingerprint density at radius 3 is 2.36 bits per heavy atom. The van der Waals surface area contributed by atoms with Gasteiger partial charge in [0.15, 0.2) is 0 Å². The molecular formula is C15H23NO5S. The minimum atomic E-state index is -3.62. The number of hydrogen-bond acceptors (Lipinski definition) is 5. The molecule has 2 rings (SSSR count). The van der Waals surface area contributed by atoms with Gasteiger partial charge in [0.1, 0.15) is 5.60 Å². The fourth-order valence-corrected chi connectivity index (χ4v) is 3.90. The summed E-state index contributed by atoms with van der Waals surface area (Å²) in [6, 6.07) is 0. The van der Waals surface area contributed by atoms with Gasteiger partial charge < -0.3 is 4.74 Å². The van der Waals surface area contributed by atoms with E-state index in [1.807, 2.05) is 0 Å². The molecule has 0 aliphatic heterocycles. The van der Waals surface area contributed by atoms with E-state index in [2.05, 4.69) is 11.3 Å². The summed E-state index contributed by atoms with van der Waals surface area (Å²) in [6.45, 7) is 8.87. The molecule has 0 heterocycles. The van der Waals surface area contributed by atoms with E-state index < -0.39 is 38.2 Å². The van der Waals surface area contributed by atoms with Crippen LogP contribution >= 0.6 is 0 Å². The summed E-state index contributed by atoms with van der Waals surface area (Å²) < 4.78 is 31.2. The number of carbonyl (C=O) groups is 2. The van der Waals surface area contributed by atoms with Gasteiger partial charge in [-0.25, -0.2) is 8.42 Å². The van der Waals surface area contributed by atoms with Gasteiger partial charge in [0.25, 0.3) is 0 Å². The van der Waals surface area contributed by atoms with Gasteiger partial charge in [-0.3, -0.25) is 14.3 Å². The SMILES string of the molecule is C=C[C@@H]1C[C@]1(CC(=O)OC(C)(C)C)C(=O)NS(=O)(=O)C1CC1. The molecule has 2 saturated carbocycles. The highest BCUT2D eigenvalue weighted by atomic mass is 32.2. The molecule has 0 unspecified atom stereocenters. The number of hydrogen-bond donors (Lipinski definition) is 1. The van der Waals surface area contributed by atoms with Crippen LogP contribution in [0.1, 0.15) is 46.5 Å². The molecule has 1 amide bonds. The second-order valence-corrected chi connectivity index (χ2v) is 9.10. The fraction of sp³-hybridized carbons (Fsp3) is 0.733. The lowest BCUT2D eigenvalue weighted by molar-refractivity contribution is -0.158. The zero-order valence-electron chi connectivity index (χ0n) is 13.2. The summed E-state index contributed by atoms with van der Waals surface area (Å²) >= 11 is 0. The lowest BCUT2D eigenvalue weighted by Crippen LogP contribution is -2.41. The van der Waals surface area contributed by atoms with Crippen LogP contribution < -0.4 is 4.72 Å². The summed E-state index contributed by atoms with van der Waals surface area (Å²) in [5, 5.41) is -0.476. The molecule has 1 N–H and O–H groups in total. The number of rotatable bonds is 6. The number of esters is 1. The van der Waals surface area contributed by atoms with Gasteiger partial charge >= 0.3 is 5.97 Å². The van der Waals surface area contributed by atoms with Crippen molar-refractivity contribution in [2.75, 3.05) is 0 Å². The van der Waals surface area contributed by atoms with Crippen LogP contribution in [0.5, 0.6) is 0 Å². The van der Waals surface area contributed by atoms with Crippen molar-refractivity contribution in [1.82, 2.24) is 4.72 Å². The Hall–Kier alpha value is -1.37. The molecule has 2 fully saturated rings. The standard InChI is InChI=1S/C15H23NO5S/c1-5-10-8-15(10,9-12(17)21-14(2,3)4)13(18)16-22(19,20)11-6-7-11/h5,10-11H,1,6-9H2,2-4H3,(H,16,18)/t10-,15-/m1/s1. The molecule has 0 spiro atoms. The molecule has 0 aromatic heterocycles. The van der Waals surface area contributed by atoms with Crippen LogP contribution in [0, 0.1) is 11.3 Å². The van der Waals surface area contributed by atoms with Crippen molar-refractivity contribution in [3.63, 3.8) is 0 Å². The van der Waals surface area contributed by atoms with Gasteiger partial charge in [0.05, 0.1) is 17.1 Å². The molecule has 22 heavy (non-hydrogen) atoms. The first kappa shape index (κ1) is 17.0. The zero-order chi connectivity index (χ0) is 16.8. The van der Waals surface area contributed by atoms with E-state index in [1.54, 1.807) is 26.8 Å². The van der Waals surface area contributed by atoms with Crippen LogP contribution in [0.3, 0.4) is 0 Å². The lowest BCUT2D eigenvalue weighted by atomic mass is 9.98. The summed E-state index contributed by atoms with van der Waals surface area (Å²) in [6.07, 6.45) is 3.03. The highest BCUT2D eigenvalue weighted by Gasteiger charge is 2.61. The summed E-state index contributed by atoms with van der Waals surface area (Å²) in [4.78, 5) is 24.4. The normalized spacial score (nSPS) is 27.9. The highest BCUT2D eigenvalue weighted by molar-refractivity contribution is 7.90. The van der Waals surface area contributed by atoms with Crippen LogP contribution in [0.25, 0.3) is 0 Å². The molecule has 7 heteroatoms. The first-order valence-electron chi connectivity index (χ1n) is 7.41. The molecule has 2 aliphatic rings. The molecule has 6 nitrogen and oxygen atoms in total. The topological polar surface area (TPSA) is 89.5 Å². The maximum absolute atomic E-state index is 12.4. The third-order valence-corrected chi connectivity index (χ3v) is 5.77. The van der Waals surface area contributed by atoms with Gasteiger partial charge in [-0.2, -0.15) is 0 Å². The Balaban J connectivity index is 2.07. The molecule has 124 valence electrons. The molecule has 0 aromatic rings. The average molecular weight is 329 g/mol. The number of carbonyl (C=O) groups excluding carboxylic acids is 2. The van der Waals surface area contributed by atoms with E-state index in [0.717, 1.165) is 0 Å². The Morgan fingerprint density at radius 2 is 1.95 bits per heavy atom. The number of sulfonamides is 1. The third-order valence-electron chi connectivity index (χ3n) is 3.95. The highest BCUT2D eigenvalue weighted by Crippen LogP contribution is 2.56. The van der Waals surface area contributed by atoms with Crippen molar-refractivity contribution in [2.24, 2.45) is 11.3 Å². The Morgan fingerprint density at radius 1 is 1.36 bits per heavy atom. The van der Waals surface area contributed by atoms with Crippen molar-refractivity contribution >= 4 is 21.9 Å². The van der Waals surface area contributed by atoms with Crippen LogP contribution in [0.2, 0.25) is 0 Å². The number of allylic oxidation sites excluding steroid dienone is 1. The van der Waals surface area contributed by atoms with Crippen molar-refractivity contribution in [2.45, 2.75) is 57.3 Å². The van der Waals surface area contributed by atoms with E-state index in [-0.39, 0.29) is 12.3 Å². The summed E-state index contributed by atoms with van der Waals surface area (Å²) in [5.41, 5.74) is -1.68. The van der Waals surface area contributed by atoms with Crippen LogP contribution in [-0.2, 0) is 24.3 Å². The molecule has 0 saturated heterocycles. The minimum Gasteiger partial charge on any atom is -0.460 e. The Kier molecular flexibility index (Phi) is 4.14. The largest absolute Gasteiger partial charge is 0.460 e. The third kappa shape index (κ3) is 3.69. The monoisotopic (exact) mass is 329 g/mol. The smallest absolute Gasteiger partial charge is 0.307 e. The van der Waals surface area contributed by atoms with E-state index in [0.29, 0.717) is 19.3 Å². The van der Waals surface area contributed by atoms with E-state index in [9.17, 15) is 18.0 Å². The van der Waals surface area contributed by atoms with E-state index in [1.165, 1.54) is 0 Å². The average Bonchev–Trinajstić information content (AvgIpc) is 3.20. The first-order valence-corrected chi connectivity index (χ1v) is 8.95. The van der Waals surface area contributed by atoms with Crippen molar-refractivity contribution in [1.29, 1.82) is 0 Å². The predicted molar refractivity (Wildman–Crippen MR) is 81.3 cm³/mol. The maximum atomic E-state index is 12.4. The minimum absolute atomic E-state index is 0.132. The second-order valence-electron chi connectivity index (χ2n) is 7.14. The van der Waals surface area contributed by atoms with E-state index in [4.69, 9.17) is 4.74 Å². The predicted octanol–water partition coefficient (Wildman–Crippen LogP) is 1.52. The quantitative estimate of drug-likeness (QED) is 0.589. The van der Waals surface area contributed by atoms with Crippen molar-refractivity contribution < 1.29 is 22.7 Å². The van der Waals surface area contributed by atoms with Crippen LogP contribution in [-0.4, -0.2) is 31.1 Å². The van der Waals surface area contributed by atoms with Gasteiger partial charge in [0.2, 0.25) is 15.9 Å². The molecule has 2 aliphatic carbocycles. The molecule has 0 aromatic carbocycles.